The number of nitrogens with one attached hydrogen (secondary N) is 1. The van der Waals surface area contributed by atoms with E-state index in [9.17, 15) is 0 Å². The summed E-state index contributed by atoms with van der Waals surface area (Å²) in [5.41, 5.74) is 3.47. The second kappa shape index (κ2) is 7.17. The van der Waals surface area contributed by atoms with E-state index in [4.69, 9.17) is 15.3 Å². The Bertz CT molecular complexity index is 281. The Hall–Kier alpha value is -1.17. The molecule has 0 aliphatic heterocycles. The van der Waals surface area contributed by atoms with Crippen LogP contribution in [0.1, 0.15) is 12.5 Å². The molecule has 1 heterocycles. The topological polar surface area (TPSA) is 69.4 Å². The molecule has 5 heteroatoms. The fourth-order valence-corrected chi connectivity index (χ4v) is 1.13. The zero-order valence-corrected chi connectivity index (χ0v) is 8.90. The van der Waals surface area contributed by atoms with Crippen molar-refractivity contribution < 1.29 is 9.47 Å². The molecule has 0 aromatic carbocycles. The zero-order chi connectivity index (χ0) is 10.9. The van der Waals surface area contributed by atoms with Crippen LogP contribution in [-0.4, -0.2) is 24.8 Å². The van der Waals surface area contributed by atoms with Gasteiger partial charge in [-0.2, -0.15) is 0 Å². The number of nitrogens with two attached hydrogens (primary N) is 1. The number of pyridine rings is 1. The van der Waals surface area contributed by atoms with Crippen LogP contribution in [0.25, 0.3) is 0 Å². The van der Waals surface area contributed by atoms with Crippen molar-refractivity contribution in [2.45, 2.75) is 13.5 Å². The number of ether oxygens (including phenoxy) is 2. The molecule has 0 amide bonds. The molecule has 0 aliphatic carbocycles. The number of aromatic nitrogens is 1. The number of nitrogen functional groups attached to an aromatic ring is 1. The minimum Gasteiger partial charge on any atom is -0.379 e. The number of hydrogen-bond donors (Lipinski definition) is 2. The molecule has 0 saturated carbocycles. The summed E-state index contributed by atoms with van der Waals surface area (Å²) in [4.78, 5) is 4.06. The van der Waals surface area contributed by atoms with E-state index in [1.807, 2.05) is 19.1 Å². The molecule has 1 rings (SSSR count). The predicted octanol–water partition coefficient (Wildman–Crippen LogP) is 0.920. The smallest absolute Gasteiger partial charge is 0.145 e. The second-order valence-electron chi connectivity index (χ2n) is 2.90. The van der Waals surface area contributed by atoms with E-state index in [0.717, 1.165) is 5.56 Å². The highest BCUT2D eigenvalue weighted by molar-refractivity contribution is 5.41. The molecule has 0 atom stereocenters. The van der Waals surface area contributed by atoms with E-state index in [1.165, 1.54) is 0 Å². The van der Waals surface area contributed by atoms with Gasteiger partial charge >= 0.3 is 0 Å². The molecule has 0 bridgehead atoms. The summed E-state index contributed by atoms with van der Waals surface area (Å²) < 4.78 is 10.6. The average molecular weight is 211 g/mol. The molecule has 1 aromatic rings. The van der Waals surface area contributed by atoms with E-state index in [1.54, 1.807) is 6.20 Å². The van der Waals surface area contributed by atoms with Crippen LogP contribution in [-0.2, 0) is 16.1 Å². The van der Waals surface area contributed by atoms with Crippen LogP contribution in [0, 0.1) is 0 Å². The van der Waals surface area contributed by atoms with Gasteiger partial charge in [0.05, 0.1) is 19.8 Å². The normalized spacial score (nSPS) is 10.3. The first-order valence-corrected chi connectivity index (χ1v) is 4.94. The number of hydrazine groups is 1. The molecule has 15 heavy (non-hydrogen) atoms. The van der Waals surface area contributed by atoms with Crippen molar-refractivity contribution in [1.82, 2.24) is 4.98 Å². The highest BCUT2D eigenvalue weighted by Gasteiger charge is 2.00. The third-order valence-electron chi connectivity index (χ3n) is 1.86. The average Bonchev–Trinajstić information content (AvgIpc) is 2.29. The highest BCUT2D eigenvalue weighted by Crippen LogP contribution is 2.10. The van der Waals surface area contributed by atoms with Crippen molar-refractivity contribution >= 4 is 5.82 Å². The lowest BCUT2D eigenvalue weighted by molar-refractivity contribution is 0.0454. The van der Waals surface area contributed by atoms with E-state index in [2.05, 4.69) is 10.4 Å². The Kier molecular flexibility index (Phi) is 5.69. The number of anilines is 1. The Morgan fingerprint density at radius 2 is 2.20 bits per heavy atom. The first-order valence-electron chi connectivity index (χ1n) is 4.94. The summed E-state index contributed by atoms with van der Waals surface area (Å²) in [6.07, 6.45) is 1.68. The molecular weight excluding hydrogens is 194 g/mol. The van der Waals surface area contributed by atoms with Gasteiger partial charge in [0.1, 0.15) is 5.82 Å². The van der Waals surface area contributed by atoms with Crippen LogP contribution in [0.15, 0.2) is 18.3 Å². The summed E-state index contributed by atoms with van der Waals surface area (Å²) in [5, 5.41) is 0. The highest BCUT2D eigenvalue weighted by atomic mass is 16.5. The largest absolute Gasteiger partial charge is 0.379 e. The molecule has 0 spiro atoms. The maximum atomic E-state index is 5.40. The number of rotatable bonds is 7. The molecule has 0 saturated heterocycles. The van der Waals surface area contributed by atoms with Crippen LogP contribution < -0.4 is 11.3 Å². The van der Waals surface area contributed by atoms with Gasteiger partial charge in [0, 0.05) is 18.4 Å². The zero-order valence-electron chi connectivity index (χ0n) is 8.90. The first kappa shape index (κ1) is 11.9. The molecular formula is C10H17N3O2. The van der Waals surface area contributed by atoms with E-state index < -0.39 is 0 Å². The van der Waals surface area contributed by atoms with Crippen molar-refractivity contribution in [2.24, 2.45) is 5.84 Å². The third-order valence-corrected chi connectivity index (χ3v) is 1.86. The summed E-state index contributed by atoms with van der Waals surface area (Å²) in [6.45, 7) is 4.35. The Morgan fingerprint density at radius 3 is 2.93 bits per heavy atom. The van der Waals surface area contributed by atoms with Crippen molar-refractivity contribution in [3.05, 3.63) is 23.9 Å². The first-order chi connectivity index (χ1) is 7.38. The summed E-state index contributed by atoms with van der Waals surface area (Å²) >= 11 is 0. The van der Waals surface area contributed by atoms with Gasteiger partial charge in [0.15, 0.2) is 0 Å². The van der Waals surface area contributed by atoms with Gasteiger partial charge in [0.2, 0.25) is 0 Å². The molecule has 0 radical (unpaired) electrons. The molecule has 0 unspecified atom stereocenters. The fourth-order valence-electron chi connectivity index (χ4n) is 1.13. The van der Waals surface area contributed by atoms with Gasteiger partial charge in [-0.1, -0.05) is 6.07 Å². The summed E-state index contributed by atoms with van der Waals surface area (Å²) in [5.74, 6) is 5.96. The van der Waals surface area contributed by atoms with Gasteiger partial charge in [0.25, 0.3) is 0 Å². The van der Waals surface area contributed by atoms with E-state index in [0.29, 0.717) is 32.2 Å². The monoisotopic (exact) mass is 211 g/mol. The lowest BCUT2D eigenvalue weighted by Gasteiger charge is -2.08. The molecule has 84 valence electrons. The maximum Gasteiger partial charge on any atom is 0.145 e. The Balaban J connectivity index is 2.30. The van der Waals surface area contributed by atoms with Gasteiger partial charge in [-0.15, -0.1) is 0 Å². The molecule has 0 aliphatic rings. The Morgan fingerprint density at radius 1 is 1.40 bits per heavy atom. The second-order valence-corrected chi connectivity index (χ2v) is 2.90. The van der Waals surface area contributed by atoms with Crippen molar-refractivity contribution in [2.75, 3.05) is 25.2 Å². The van der Waals surface area contributed by atoms with E-state index in [-0.39, 0.29) is 0 Å². The van der Waals surface area contributed by atoms with Crippen molar-refractivity contribution in [3.8, 4) is 0 Å². The van der Waals surface area contributed by atoms with Gasteiger partial charge in [-0.25, -0.2) is 10.8 Å². The van der Waals surface area contributed by atoms with Crippen LogP contribution in [0.2, 0.25) is 0 Å². The van der Waals surface area contributed by atoms with Crippen molar-refractivity contribution in [1.29, 1.82) is 0 Å². The predicted molar refractivity (Wildman–Crippen MR) is 58.2 cm³/mol. The maximum absolute atomic E-state index is 5.40. The van der Waals surface area contributed by atoms with Gasteiger partial charge < -0.3 is 14.9 Å². The minimum atomic E-state index is 0.487. The van der Waals surface area contributed by atoms with Crippen LogP contribution >= 0.6 is 0 Å². The Labute approximate surface area is 89.6 Å². The summed E-state index contributed by atoms with van der Waals surface area (Å²) in [6, 6.07) is 3.77. The van der Waals surface area contributed by atoms with Crippen LogP contribution in [0.3, 0.4) is 0 Å². The minimum absolute atomic E-state index is 0.487. The summed E-state index contributed by atoms with van der Waals surface area (Å²) in [7, 11) is 0. The lowest BCUT2D eigenvalue weighted by atomic mass is 10.3. The van der Waals surface area contributed by atoms with Crippen molar-refractivity contribution in [3.63, 3.8) is 0 Å². The van der Waals surface area contributed by atoms with Crippen LogP contribution in [0.5, 0.6) is 0 Å². The number of nitrogens with zero attached hydrogens (tertiary/aromatic N) is 1. The SMILES string of the molecule is CCOCCOCc1cccnc1NN. The molecule has 1 aromatic heterocycles. The standard InChI is InChI=1S/C10H17N3O2/c1-2-14-6-7-15-8-9-4-3-5-12-10(9)13-11/h3-5H,2,6-8,11H2,1H3,(H,12,13). The van der Waals surface area contributed by atoms with Crippen LogP contribution in [0.4, 0.5) is 5.82 Å². The quantitative estimate of drug-likeness (QED) is 0.399. The molecule has 5 nitrogen and oxygen atoms in total. The van der Waals surface area contributed by atoms with Gasteiger partial charge in [-0.3, -0.25) is 0 Å². The number of hydrogen-bond acceptors (Lipinski definition) is 5. The lowest BCUT2D eigenvalue weighted by Crippen LogP contribution is -2.12. The molecule has 0 fully saturated rings. The van der Waals surface area contributed by atoms with E-state index >= 15 is 0 Å². The fraction of sp³-hybridized carbons (Fsp3) is 0.500. The third kappa shape index (κ3) is 4.24. The molecule has 3 N–H and O–H groups in total. The van der Waals surface area contributed by atoms with Gasteiger partial charge in [-0.05, 0) is 13.0 Å².